The lowest BCUT2D eigenvalue weighted by Crippen LogP contribution is -2.52. The Hall–Kier alpha value is -8.31. The molecular formula is C60H91BF2N14O17. The van der Waals surface area contributed by atoms with E-state index in [0.717, 1.165) is 16.3 Å². The highest BCUT2D eigenvalue weighted by atomic mass is 19.2. The fourth-order valence-electron chi connectivity index (χ4n) is 11.4. The minimum atomic E-state index is -2.50. The van der Waals surface area contributed by atoms with Gasteiger partial charge in [-0.05, 0) is 99.9 Å². The predicted octanol–water partition coefficient (Wildman–Crippen LogP) is -0.659. The Morgan fingerprint density at radius 2 is 1.13 bits per heavy atom. The molecule has 0 unspecified atom stereocenters. The molecule has 1 saturated heterocycles. The molecule has 4 atom stereocenters. The van der Waals surface area contributed by atoms with Crippen molar-refractivity contribution < 1.29 is 92.0 Å². The number of fused-ring (bicyclic) bond motifs is 1. The van der Waals surface area contributed by atoms with E-state index < -0.39 is 116 Å². The van der Waals surface area contributed by atoms with E-state index in [9.17, 15) is 86.9 Å². The molecule has 0 radical (unpaired) electrons. The zero-order valence-electron chi connectivity index (χ0n) is 53.0. The number of urea groups is 1. The minimum Gasteiger partial charge on any atom is -0.481 e. The number of carbonyl (C=O) groups excluding carboxylic acids is 5. The van der Waals surface area contributed by atoms with E-state index in [1.54, 1.807) is 37.9 Å². The van der Waals surface area contributed by atoms with Crippen LogP contribution in [0.2, 0.25) is 0 Å². The van der Waals surface area contributed by atoms with Gasteiger partial charge in [0.15, 0.2) is 0 Å². The van der Waals surface area contributed by atoms with Crippen molar-refractivity contribution in [3.05, 3.63) is 59.9 Å². The first-order valence-corrected chi connectivity index (χ1v) is 31.7. The molecule has 34 heteroatoms. The van der Waals surface area contributed by atoms with Gasteiger partial charge in [-0.1, -0.05) is 42.5 Å². The summed E-state index contributed by atoms with van der Waals surface area (Å²) in [7, 11) is -0.925. The Labute approximate surface area is 543 Å². The fraction of sp³-hybridized carbons (Fsp3) is 0.617. The number of benzene rings is 2. The number of halogens is 2. The van der Waals surface area contributed by atoms with Crippen molar-refractivity contribution in [3.63, 3.8) is 0 Å². The highest BCUT2D eigenvalue weighted by Gasteiger charge is 2.32. The Balaban J connectivity index is 1.20. The number of aliphatic carboxylic acids is 6. The van der Waals surface area contributed by atoms with Crippen LogP contribution in [-0.4, -0.2) is 275 Å². The summed E-state index contributed by atoms with van der Waals surface area (Å²) < 4.78 is 25.9. The molecule has 2 fully saturated rings. The second-order valence-corrected chi connectivity index (χ2v) is 24.1. The van der Waals surface area contributed by atoms with Gasteiger partial charge in [0.05, 0.1) is 31.9 Å². The molecule has 94 heavy (non-hydrogen) atoms. The lowest BCUT2D eigenvalue weighted by Gasteiger charge is -2.33. The molecular weight excluding hydrogens is 1240 g/mol. The maximum absolute atomic E-state index is 14.2. The molecule has 6 amide bonds. The number of hydrazine groups is 2. The Kier molecular flexibility index (Phi) is 32.6. The van der Waals surface area contributed by atoms with E-state index in [1.807, 2.05) is 42.5 Å². The SMILES string of the molecule is CN(CB(F)F)CC1=CN(CCCC[C@H](NC(=O)CN2CCN(CC(=O)O)CCN(CC(=O)O)CCN(CC(=O)O)CC2)C(=O)NCC2CCC(C(=O)N[C@@H](Cc3ccc4ccccc4c3)C(=O)NCCCC[C@H](NC(=O)N[C@@H](CCC(=O)O)C(=O)O)C(=O)O)CC2)NN1. The van der Waals surface area contributed by atoms with Crippen LogP contribution in [-0.2, 0) is 54.4 Å². The topological polar surface area (TPSA) is 425 Å². The molecule has 5 rings (SSSR count). The molecule has 1 saturated carbocycles. The molecule has 3 aliphatic rings. The summed E-state index contributed by atoms with van der Waals surface area (Å²) in [6.07, 6.45) is 3.96. The number of amides is 6. The zero-order valence-corrected chi connectivity index (χ0v) is 53.0. The summed E-state index contributed by atoms with van der Waals surface area (Å²) in [4.78, 5) is 147. The van der Waals surface area contributed by atoms with Gasteiger partial charge in [-0.2, -0.15) is 0 Å². The van der Waals surface area contributed by atoms with E-state index in [-0.39, 0.29) is 142 Å². The quantitative estimate of drug-likeness (QED) is 0.0293. The Bertz CT molecular complexity index is 2880. The van der Waals surface area contributed by atoms with Gasteiger partial charge < -0.3 is 72.9 Å². The minimum absolute atomic E-state index is 0.0627. The van der Waals surface area contributed by atoms with E-state index in [2.05, 4.69) is 42.9 Å². The average Bonchev–Trinajstić information content (AvgIpc) is 1.06. The monoisotopic (exact) mass is 1330 g/mol. The van der Waals surface area contributed by atoms with Gasteiger partial charge in [0.1, 0.15) is 24.2 Å². The smallest absolute Gasteiger partial charge is 0.481 e. The van der Waals surface area contributed by atoms with Crippen LogP contribution in [0.1, 0.15) is 82.6 Å². The second-order valence-electron chi connectivity index (χ2n) is 24.1. The molecule has 2 aromatic rings. The summed E-state index contributed by atoms with van der Waals surface area (Å²) >= 11 is 0. The van der Waals surface area contributed by atoms with Crippen LogP contribution < -0.4 is 42.9 Å². The molecule has 1 aliphatic carbocycles. The summed E-state index contributed by atoms with van der Waals surface area (Å²) in [5, 5.41) is 76.7. The maximum Gasteiger partial charge on any atom is 0.551 e. The fourth-order valence-corrected chi connectivity index (χ4v) is 11.4. The van der Waals surface area contributed by atoms with Crippen molar-refractivity contribution in [1.29, 1.82) is 0 Å². The van der Waals surface area contributed by atoms with Crippen molar-refractivity contribution in [2.24, 2.45) is 11.8 Å². The number of nitrogens with one attached hydrogen (secondary N) is 8. The second kappa shape index (κ2) is 40.1. The third-order valence-corrected chi connectivity index (χ3v) is 16.5. The number of carboxylic acids is 6. The predicted molar refractivity (Wildman–Crippen MR) is 337 cm³/mol. The molecule has 2 heterocycles. The standard InChI is InChI=1S/C60H91BF2N14O17/c1-72(39-61(62)63)33-45-34-77(71-70-45)21-7-5-10-46(66-50(78)35-73-22-24-74(36-52(81)82)26-28-76(38-54(85)86)29-27-75(25-23-73)37-53(83)84)56(88)65-32-40-12-16-43(17-13-40)55(87)67-49(31-41-14-15-42-8-2-3-9-44(42)30-41)57(89)64-20-6-4-11-47(58(90)91)68-60(94)69-48(59(92)93)18-19-51(79)80/h2-3,8-9,14-15,30,34,40,43,46-49,70-71H,4-7,10-13,16-29,31-33,35-39H2,1H3,(H,64,89)(H,65,88)(H,66,78)(H,67,87)(H,79,80)(H,81,82)(H,83,84)(H,85,86)(H,90,91)(H,92,93)(H2,68,69,94)/t40?,43?,46-,47-,48-,49-/m0/s1. The van der Waals surface area contributed by atoms with Crippen LogP contribution in [0.3, 0.4) is 0 Å². The van der Waals surface area contributed by atoms with Crippen molar-refractivity contribution in [2.75, 3.05) is 118 Å². The van der Waals surface area contributed by atoms with Crippen molar-refractivity contribution in [3.8, 4) is 0 Å². The number of carboxylic acid groups (broad SMARTS) is 6. The molecule has 31 nitrogen and oxygen atoms in total. The third kappa shape index (κ3) is 29.3. The van der Waals surface area contributed by atoms with Gasteiger partial charge in [-0.25, -0.2) is 14.4 Å². The van der Waals surface area contributed by atoms with Gasteiger partial charge in [0, 0.05) is 110 Å². The van der Waals surface area contributed by atoms with Crippen molar-refractivity contribution in [2.45, 2.75) is 108 Å². The number of unbranched alkanes of at least 4 members (excludes halogenated alkanes) is 2. The van der Waals surface area contributed by atoms with Gasteiger partial charge >= 0.3 is 49.1 Å². The first kappa shape index (κ1) is 76.4. The first-order chi connectivity index (χ1) is 44.8. The lowest BCUT2D eigenvalue weighted by molar-refractivity contribution is -0.141. The maximum atomic E-state index is 14.2. The lowest BCUT2D eigenvalue weighted by atomic mass is 9.81. The average molecular weight is 1330 g/mol. The van der Waals surface area contributed by atoms with E-state index in [1.165, 1.54) is 4.90 Å². The van der Waals surface area contributed by atoms with E-state index in [0.29, 0.717) is 50.8 Å². The molecule has 2 aromatic carbocycles. The summed E-state index contributed by atoms with van der Waals surface area (Å²) in [5.74, 6) is -9.85. The van der Waals surface area contributed by atoms with E-state index in [4.69, 9.17) is 5.11 Å². The summed E-state index contributed by atoms with van der Waals surface area (Å²) in [6.45, 7) is 1.11. The number of rotatable bonds is 38. The number of hydrogen-bond acceptors (Lipinski definition) is 19. The van der Waals surface area contributed by atoms with Crippen LogP contribution >= 0.6 is 0 Å². The van der Waals surface area contributed by atoms with Crippen LogP contribution in [0, 0.1) is 11.8 Å². The molecule has 0 aromatic heterocycles. The molecule has 0 bridgehead atoms. The van der Waals surface area contributed by atoms with E-state index >= 15 is 0 Å². The number of hydrogen-bond donors (Lipinski definition) is 14. The number of likely N-dealkylation sites (N-methyl/N-ethyl adjacent to an activating group) is 1. The number of nitrogens with zero attached hydrogens (tertiary/aromatic N) is 6. The molecule has 0 spiro atoms. The molecule has 520 valence electrons. The van der Waals surface area contributed by atoms with Crippen LogP contribution in [0.25, 0.3) is 10.8 Å². The van der Waals surface area contributed by atoms with Crippen LogP contribution in [0.5, 0.6) is 0 Å². The summed E-state index contributed by atoms with van der Waals surface area (Å²) in [6, 6.07) is 7.19. The van der Waals surface area contributed by atoms with Crippen molar-refractivity contribution >= 4 is 83.5 Å². The van der Waals surface area contributed by atoms with Gasteiger partial charge in [-0.15, -0.1) is 5.53 Å². The number of carbonyl (C=O) groups is 11. The third-order valence-electron chi connectivity index (χ3n) is 16.5. The first-order valence-electron chi connectivity index (χ1n) is 31.7. The molecule has 14 N–H and O–H groups in total. The Morgan fingerprint density at radius 1 is 0.596 bits per heavy atom. The summed E-state index contributed by atoms with van der Waals surface area (Å²) in [5.41, 5.74) is 7.38. The van der Waals surface area contributed by atoms with Crippen molar-refractivity contribution in [1.82, 2.24) is 72.4 Å². The zero-order chi connectivity index (χ0) is 68.7. The molecule has 2 aliphatic heterocycles. The highest BCUT2D eigenvalue weighted by molar-refractivity contribution is 6.42. The largest absolute Gasteiger partial charge is 0.551 e. The highest BCUT2D eigenvalue weighted by Crippen LogP contribution is 2.29. The van der Waals surface area contributed by atoms with Gasteiger partial charge in [-0.3, -0.25) is 71.6 Å². The van der Waals surface area contributed by atoms with Gasteiger partial charge in [0.2, 0.25) is 23.6 Å². The van der Waals surface area contributed by atoms with Crippen LogP contribution in [0.4, 0.5) is 13.4 Å². The Morgan fingerprint density at radius 3 is 1.68 bits per heavy atom. The van der Waals surface area contributed by atoms with Crippen LogP contribution in [0.15, 0.2) is 54.4 Å². The van der Waals surface area contributed by atoms with Gasteiger partial charge in [0.25, 0.3) is 0 Å². The normalized spacial score (nSPS) is 18.3.